The van der Waals surface area contributed by atoms with Crippen LogP contribution >= 0.6 is 0 Å². The van der Waals surface area contributed by atoms with Gasteiger partial charge in [-0.15, -0.1) is 0 Å². The number of hydrogen-bond acceptors (Lipinski definition) is 1. The lowest BCUT2D eigenvalue weighted by atomic mass is 9.72. The predicted molar refractivity (Wildman–Crippen MR) is 52.1 cm³/mol. The quantitative estimate of drug-likeness (QED) is 0.584. The minimum absolute atomic E-state index is 0.562. The smallest absolute Gasteiger partial charge is 0.0207 e. The minimum Gasteiger partial charge on any atom is -0.311 e. The minimum atomic E-state index is 0.562. The van der Waals surface area contributed by atoms with Crippen LogP contribution in [-0.2, 0) is 0 Å². The number of nitrogens with one attached hydrogen (secondary N) is 1. The molecule has 0 radical (unpaired) electrons. The molecule has 2 aliphatic rings. The molecule has 1 saturated carbocycles. The Labute approximate surface area is 75.9 Å². The van der Waals surface area contributed by atoms with Crippen molar-refractivity contribution in [3.8, 4) is 0 Å². The van der Waals surface area contributed by atoms with Gasteiger partial charge >= 0.3 is 0 Å². The van der Waals surface area contributed by atoms with Crippen LogP contribution in [0.2, 0.25) is 0 Å². The van der Waals surface area contributed by atoms with Gasteiger partial charge < -0.3 is 5.32 Å². The molecular weight excluding hydrogens is 146 g/mol. The van der Waals surface area contributed by atoms with Crippen LogP contribution in [0.4, 0.5) is 0 Å². The topological polar surface area (TPSA) is 12.0 Å². The highest BCUT2D eigenvalue weighted by atomic mass is 15.0. The van der Waals surface area contributed by atoms with Gasteiger partial charge in [0, 0.05) is 5.54 Å². The van der Waals surface area contributed by atoms with E-state index in [4.69, 9.17) is 0 Å². The van der Waals surface area contributed by atoms with Gasteiger partial charge in [0.05, 0.1) is 0 Å². The third-order valence-electron chi connectivity index (χ3n) is 4.16. The summed E-state index contributed by atoms with van der Waals surface area (Å²) in [5.74, 6) is 1.90. The van der Waals surface area contributed by atoms with Crippen LogP contribution in [0.25, 0.3) is 0 Å². The maximum absolute atomic E-state index is 3.74. The van der Waals surface area contributed by atoms with E-state index in [-0.39, 0.29) is 0 Å². The summed E-state index contributed by atoms with van der Waals surface area (Å²) in [6, 6.07) is 0. The second kappa shape index (κ2) is 3.02. The highest BCUT2D eigenvalue weighted by Gasteiger charge is 2.41. The zero-order chi connectivity index (χ0) is 8.60. The largest absolute Gasteiger partial charge is 0.311 e. The molecule has 0 aromatic heterocycles. The summed E-state index contributed by atoms with van der Waals surface area (Å²) in [6.45, 7) is 6.08. The maximum atomic E-state index is 3.74. The molecule has 0 aromatic carbocycles. The van der Waals surface area contributed by atoms with Gasteiger partial charge in [0.2, 0.25) is 0 Å². The van der Waals surface area contributed by atoms with Crippen LogP contribution in [0, 0.1) is 11.8 Å². The van der Waals surface area contributed by atoms with E-state index in [0.717, 1.165) is 11.8 Å². The van der Waals surface area contributed by atoms with Gasteiger partial charge in [0.1, 0.15) is 0 Å². The molecule has 2 fully saturated rings. The molecule has 0 unspecified atom stereocenters. The van der Waals surface area contributed by atoms with E-state index in [1.807, 2.05) is 0 Å². The van der Waals surface area contributed by atoms with Crippen molar-refractivity contribution in [2.24, 2.45) is 11.8 Å². The van der Waals surface area contributed by atoms with Gasteiger partial charge in [-0.05, 0) is 50.5 Å². The molecule has 1 saturated heterocycles. The Morgan fingerprint density at radius 3 is 2.25 bits per heavy atom. The standard InChI is InChI=1S/C11H21N/c1-9-3-6-11(7-4-9)10(2)5-8-12-11/h9-10,12H,3-8H2,1-2H3/t9?,10-,11?/m0/s1. The van der Waals surface area contributed by atoms with Crippen molar-refractivity contribution in [2.45, 2.75) is 51.5 Å². The molecule has 1 spiro atoms. The van der Waals surface area contributed by atoms with Crippen LogP contribution in [0.1, 0.15) is 46.0 Å². The molecule has 1 aliphatic carbocycles. The molecule has 70 valence electrons. The highest BCUT2D eigenvalue weighted by Crippen LogP contribution is 2.40. The first-order valence-electron chi connectivity index (χ1n) is 5.48. The van der Waals surface area contributed by atoms with E-state index in [0.29, 0.717) is 5.54 Å². The van der Waals surface area contributed by atoms with E-state index in [1.54, 1.807) is 0 Å². The van der Waals surface area contributed by atoms with Crippen molar-refractivity contribution in [1.29, 1.82) is 0 Å². The van der Waals surface area contributed by atoms with E-state index in [9.17, 15) is 0 Å². The predicted octanol–water partition coefficient (Wildman–Crippen LogP) is 2.56. The molecule has 1 aliphatic heterocycles. The van der Waals surface area contributed by atoms with Gasteiger partial charge in [-0.1, -0.05) is 13.8 Å². The van der Waals surface area contributed by atoms with Gasteiger partial charge in [-0.25, -0.2) is 0 Å². The number of rotatable bonds is 0. The maximum Gasteiger partial charge on any atom is 0.0207 e. The summed E-state index contributed by atoms with van der Waals surface area (Å²) in [7, 11) is 0. The average Bonchev–Trinajstić information content (AvgIpc) is 2.41. The first-order valence-corrected chi connectivity index (χ1v) is 5.48. The number of hydrogen-bond donors (Lipinski definition) is 1. The van der Waals surface area contributed by atoms with Gasteiger partial charge in [0.15, 0.2) is 0 Å². The summed E-state index contributed by atoms with van der Waals surface area (Å²) < 4.78 is 0. The van der Waals surface area contributed by atoms with Crippen molar-refractivity contribution in [2.75, 3.05) is 6.54 Å². The monoisotopic (exact) mass is 167 g/mol. The second-order valence-electron chi connectivity index (χ2n) is 4.96. The third-order valence-corrected chi connectivity index (χ3v) is 4.16. The molecule has 1 heteroatoms. The average molecular weight is 167 g/mol. The summed E-state index contributed by atoms with van der Waals surface area (Å²) in [6.07, 6.45) is 7.13. The molecule has 1 atom stereocenters. The van der Waals surface area contributed by atoms with Crippen LogP contribution in [0.5, 0.6) is 0 Å². The van der Waals surface area contributed by atoms with Crippen LogP contribution < -0.4 is 5.32 Å². The molecule has 1 heterocycles. The Kier molecular flexibility index (Phi) is 2.16. The van der Waals surface area contributed by atoms with Gasteiger partial charge in [0.25, 0.3) is 0 Å². The first-order chi connectivity index (χ1) is 5.73. The van der Waals surface area contributed by atoms with Crippen molar-refractivity contribution in [1.82, 2.24) is 5.32 Å². The summed E-state index contributed by atoms with van der Waals surface area (Å²) in [4.78, 5) is 0. The lowest BCUT2D eigenvalue weighted by molar-refractivity contribution is 0.176. The normalized spacial score (nSPS) is 48.5. The van der Waals surface area contributed by atoms with E-state index in [2.05, 4.69) is 19.2 Å². The van der Waals surface area contributed by atoms with Gasteiger partial charge in [-0.3, -0.25) is 0 Å². The first kappa shape index (κ1) is 8.55. The van der Waals surface area contributed by atoms with Gasteiger partial charge in [-0.2, -0.15) is 0 Å². The molecule has 0 bridgehead atoms. The zero-order valence-electron chi connectivity index (χ0n) is 8.40. The Hall–Kier alpha value is -0.0400. The molecule has 12 heavy (non-hydrogen) atoms. The zero-order valence-corrected chi connectivity index (χ0v) is 8.40. The fourth-order valence-corrected chi connectivity index (χ4v) is 2.93. The molecule has 0 aromatic rings. The van der Waals surface area contributed by atoms with Crippen molar-refractivity contribution in [3.05, 3.63) is 0 Å². The van der Waals surface area contributed by atoms with Crippen LogP contribution in [0.15, 0.2) is 0 Å². The fraction of sp³-hybridized carbons (Fsp3) is 1.00. The van der Waals surface area contributed by atoms with E-state index >= 15 is 0 Å². The summed E-state index contributed by atoms with van der Waals surface area (Å²) in [5.41, 5.74) is 0.562. The molecule has 0 amide bonds. The van der Waals surface area contributed by atoms with E-state index in [1.165, 1.54) is 38.6 Å². The molecule has 1 N–H and O–H groups in total. The highest BCUT2D eigenvalue weighted by molar-refractivity contribution is 5.00. The third kappa shape index (κ3) is 1.28. The Morgan fingerprint density at radius 1 is 1.08 bits per heavy atom. The summed E-state index contributed by atoms with van der Waals surface area (Å²) in [5, 5.41) is 3.74. The van der Waals surface area contributed by atoms with Crippen molar-refractivity contribution < 1.29 is 0 Å². The SMILES string of the molecule is CC1CCC2(CC1)NCC[C@@H]2C. The second-order valence-corrected chi connectivity index (χ2v) is 4.96. The molecule has 1 nitrogen and oxygen atoms in total. The molecule has 2 rings (SSSR count). The lowest BCUT2D eigenvalue weighted by Gasteiger charge is -2.40. The van der Waals surface area contributed by atoms with E-state index < -0.39 is 0 Å². The Balaban J connectivity index is 2.02. The Bertz CT molecular complexity index is 156. The fourth-order valence-electron chi connectivity index (χ4n) is 2.93. The van der Waals surface area contributed by atoms with Crippen LogP contribution in [0.3, 0.4) is 0 Å². The Morgan fingerprint density at radius 2 is 1.75 bits per heavy atom. The lowest BCUT2D eigenvalue weighted by Crippen LogP contribution is -2.46. The van der Waals surface area contributed by atoms with Crippen LogP contribution in [-0.4, -0.2) is 12.1 Å². The van der Waals surface area contributed by atoms with Crippen molar-refractivity contribution >= 4 is 0 Å². The van der Waals surface area contributed by atoms with Crippen molar-refractivity contribution in [3.63, 3.8) is 0 Å². The molecular formula is C11H21N. The summed E-state index contributed by atoms with van der Waals surface area (Å²) >= 11 is 0.